The Balaban J connectivity index is 0.00000176. The van der Waals surface area contributed by atoms with Crippen molar-refractivity contribution in [3.63, 3.8) is 0 Å². The number of hydrogen-bond acceptors (Lipinski definition) is 3. The molecular formula is C17H20Cl2N2S. The SMILES string of the molecule is Cl.Clc1ccc2c(c1SCCc1ccccn1)CCNCC2. The van der Waals surface area contributed by atoms with Gasteiger partial charge in [0.25, 0.3) is 0 Å². The zero-order valence-corrected chi connectivity index (χ0v) is 14.7. The zero-order valence-electron chi connectivity index (χ0n) is 12.3. The van der Waals surface area contributed by atoms with Crippen LogP contribution in [0, 0.1) is 0 Å². The molecule has 0 fully saturated rings. The lowest BCUT2D eigenvalue weighted by Gasteiger charge is -2.13. The van der Waals surface area contributed by atoms with Crippen LogP contribution in [-0.4, -0.2) is 23.8 Å². The van der Waals surface area contributed by atoms with E-state index in [-0.39, 0.29) is 12.4 Å². The number of benzene rings is 1. The molecular weight excluding hydrogens is 335 g/mol. The molecule has 2 aromatic rings. The Morgan fingerprint density at radius 1 is 1.14 bits per heavy atom. The van der Waals surface area contributed by atoms with Gasteiger partial charge in [-0.15, -0.1) is 24.2 Å². The highest BCUT2D eigenvalue weighted by atomic mass is 35.5. The smallest absolute Gasteiger partial charge is 0.0544 e. The molecule has 22 heavy (non-hydrogen) atoms. The highest BCUT2D eigenvalue weighted by Crippen LogP contribution is 2.34. The van der Waals surface area contributed by atoms with Crippen LogP contribution in [0.3, 0.4) is 0 Å². The number of thioether (sulfide) groups is 1. The van der Waals surface area contributed by atoms with E-state index in [1.54, 1.807) is 0 Å². The second-order valence-corrected chi connectivity index (χ2v) is 6.70. The van der Waals surface area contributed by atoms with Gasteiger partial charge in [-0.25, -0.2) is 0 Å². The second-order valence-electron chi connectivity index (χ2n) is 5.18. The van der Waals surface area contributed by atoms with Crippen molar-refractivity contribution in [1.82, 2.24) is 10.3 Å². The minimum atomic E-state index is 0. The molecule has 5 heteroatoms. The zero-order chi connectivity index (χ0) is 14.5. The lowest BCUT2D eigenvalue weighted by Crippen LogP contribution is -2.16. The third kappa shape index (κ3) is 4.39. The Morgan fingerprint density at radius 2 is 2.00 bits per heavy atom. The maximum absolute atomic E-state index is 6.44. The molecule has 118 valence electrons. The van der Waals surface area contributed by atoms with E-state index in [4.69, 9.17) is 11.6 Å². The lowest BCUT2D eigenvalue weighted by molar-refractivity contribution is 0.709. The van der Waals surface area contributed by atoms with Crippen molar-refractivity contribution in [2.45, 2.75) is 24.2 Å². The number of rotatable bonds is 4. The van der Waals surface area contributed by atoms with Gasteiger partial charge in [0.2, 0.25) is 0 Å². The fourth-order valence-electron chi connectivity index (χ4n) is 2.67. The van der Waals surface area contributed by atoms with E-state index < -0.39 is 0 Å². The molecule has 1 aliphatic rings. The molecule has 0 aliphatic carbocycles. The van der Waals surface area contributed by atoms with Crippen molar-refractivity contribution in [1.29, 1.82) is 0 Å². The van der Waals surface area contributed by atoms with E-state index in [1.165, 1.54) is 16.0 Å². The Labute approximate surface area is 147 Å². The normalized spacial score (nSPS) is 13.9. The molecule has 0 radical (unpaired) electrons. The fourth-order valence-corrected chi connectivity index (χ4v) is 4.14. The summed E-state index contributed by atoms with van der Waals surface area (Å²) in [5, 5.41) is 4.35. The number of halogens is 2. The highest BCUT2D eigenvalue weighted by Gasteiger charge is 2.15. The summed E-state index contributed by atoms with van der Waals surface area (Å²) in [5.41, 5.74) is 4.04. The number of nitrogens with one attached hydrogen (secondary N) is 1. The number of hydrogen-bond donors (Lipinski definition) is 1. The van der Waals surface area contributed by atoms with E-state index >= 15 is 0 Å². The molecule has 1 aromatic carbocycles. The standard InChI is InChI=1S/C17H19ClN2S.ClH/c18-16-5-4-13-6-10-19-11-7-15(13)17(16)21-12-8-14-3-1-2-9-20-14;/h1-5,9,19H,6-8,10-12H2;1H. The van der Waals surface area contributed by atoms with Gasteiger partial charge >= 0.3 is 0 Å². The highest BCUT2D eigenvalue weighted by molar-refractivity contribution is 7.99. The van der Waals surface area contributed by atoms with Crippen LogP contribution >= 0.6 is 35.8 Å². The van der Waals surface area contributed by atoms with Crippen molar-refractivity contribution in [2.24, 2.45) is 0 Å². The molecule has 3 rings (SSSR count). The lowest BCUT2D eigenvalue weighted by atomic mass is 10.0. The Kier molecular flexibility index (Phi) is 7.03. The maximum atomic E-state index is 6.44. The van der Waals surface area contributed by atoms with Gasteiger partial charge in [0.05, 0.1) is 5.02 Å². The van der Waals surface area contributed by atoms with Gasteiger partial charge in [0, 0.05) is 22.5 Å². The Bertz CT molecular complexity index is 605. The van der Waals surface area contributed by atoms with E-state index in [2.05, 4.69) is 28.5 Å². The van der Waals surface area contributed by atoms with Crippen LogP contribution in [-0.2, 0) is 19.3 Å². The monoisotopic (exact) mass is 354 g/mol. The van der Waals surface area contributed by atoms with Crippen LogP contribution in [0.15, 0.2) is 41.4 Å². The molecule has 2 heterocycles. The van der Waals surface area contributed by atoms with Crippen LogP contribution in [0.5, 0.6) is 0 Å². The molecule has 0 unspecified atom stereocenters. The van der Waals surface area contributed by atoms with Crippen LogP contribution < -0.4 is 5.32 Å². The van der Waals surface area contributed by atoms with Gasteiger partial charge in [-0.1, -0.05) is 23.7 Å². The van der Waals surface area contributed by atoms with Crippen molar-refractivity contribution in [2.75, 3.05) is 18.8 Å². The maximum Gasteiger partial charge on any atom is 0.0544 e. The number of aryl methyl sites for hydroxylation is 1. The summed E-state index contributed by atoms with van der Waals surface area (Å²) in [6.45, 7) is 2.10. The molecule has 1 aliphatic heterocycles. The summed E-state index contributed by atoms with van der Waals surface area (Å²) >= 11 is 8.31. The fraction of sp³-hybridized carbons (Fsp3) is 0.353. The summed E-state index contributed by atoms with van der Waals surface area (Å²) in [4.78, 5) is 5.65. The van der Waals surface area contributed by atoms with E-state index in [0.717, 1.165) is 48.8 Å². The van der Waals surface area contributed by atoms with E-state index in [9.17, 15) is 0 Å². The quantitative estimate of drug-likeness (QED) is 0.833. The first kappa shape index (κ1) is 17.6. The van der Waals surface area contributed by atoms with Crippen molar-refractivity contribution in [3.8, 4) is 0 Å². The van der Waals surface area contributed by atoms with Crippen LogP contribution in [0.25, 0.3) is 0 Å². The van der Waals surface area contributed by atoms with Gasteiger partial charge in [-0.2, -0.15) is 0 Å². The van der Waals surface area contributed by atoms with E-state index in [0.29, 0.717) is 0 Å². The summed E-state index contributed by atoms with van der Waals surface area (Å²) in [6.07, 6.45) is 5.00. The van der Waals surface area contributed by atoms with E-state index in [1.807, 2.05) is 30.1 Å². The first-order valence-electron chi connectivity index (χ1n) is 7.38. The summed E-state index contributed by atoms with van der Waals surface area (Å²) < 4.78 is 0. The van der Waals surface area contributed by atoms with Gasteiger partial charge in [0.15, 0.2) is 0 Å². The average Bonchev–Trinajstić information content (AvgIpc) is 2.76. The molecule has 0 saturated heterocycles. The first-order valence-corrected chi connectivity index (χ1v) is 8.74. The third-order valence-corrected chi connectivity index (χ3v) is 5.35. The van der Waals surface area contributed by atoms with Gasteiger partial charge < -0.3 is 5.32 Å². The third-order valence-electron chi connectivity index (χ3n) is 3.76. The minimum absolute atomic E-state index is 0. The molecule has 0 atom stereocenters. The minimum Gasteiger partial charge on any atom is -0.316 e. The molecule has 0 spiro atoms. The molecule has 0 bridgehead atoms. The number of fused-ring (bicyclic) bond motifs is 1. The number of aromatic nitrogens is 1. The summed E-state index contributed by atoms with van der Waals surface area (Å²) in [7, 11) is 0. The molecule has 0 saturated carbocycles. The van der Waals surface area contributed by atoms with Crippen LogP contribution in [0.4, 0.5) is 0 Å². The van der Waals surface area contributed by atoms with Crippen molar-refractivity contribution in [3.05, 3.63) is 58.4 Å². The van der Waals surface area contributed by atoms with Gasteiger partial charge in [0.1, 0.15) is 0 Å². The Hall–Kier alpha value is -0.740. The van der Waals surface area contributed by atoms with Gasteiger partial charge in [-0.05, 0) is 61.7 Å². The average molecular weight is 355 g/mol. The second kappa shape index (κ2) is 8.78. The molecule has 1 aromatic heterocycles. The van der Waals surface area contributed by atoms with Crippen LogP contribution in [0.1, 0.15) is 16.8 Å². The van der Waals surface area contributed by atoms with Gasteiger partial charge in [-0.3, -0.25) is 4.98 Å². The van der Waals surface area contributed by atoms with Crippen molar-refractivity contribution >= 4 is 35.8 Å². The topological polar surface area (TPSA) is 24.9 Å². The largest absolute Gasteiger partial charge is 0.316 e. The van der Waals surface area contributed by atoms with Crippen molar-refractivity contribution < 1.29 is 0 Å². The number of pyridine rings is 1. The molecule has 2 nitrogen and oxygen atoms in total. The Morgan fingerprint density at radius 3 is 2.82 bits per heavy atom. The number of nitrogens with zero attached hydrogens (tertiary/aromatic N) is 1. The summed E-state index contributed by atoms with van der Waals surface area (Å²) in [5.74, 6) is 1.01. The van der Waals surface area contributed by atoms with Crippen LogP contribution in [0.2, 0.25) is 5.02 Å². The molecule has 0 amide bonds. The first-order chi connectivity index (χ1) is 10.3. The predicted octanol–water partition coefficient (Wildman–Crippen LogP) is 4.18. The molecule has 1 N–H and O–H groups in total. The summed E-state index contributed by atoms with van der Waals surface area (Å²) in [6, 6.07) is 10.3. The predicted molar refractivity (Wildman–Crippen MR) is 97.6 cm³/mol.